The lowest BCUT2D eigenvalue weighted by atomic mass is 9.90. The van der Waals surface area contributed by atoms with Gasteiger partial charge in [-0.05, 0) is 57.6 Å². The van der Waals surface area contributed by atoms with E-state index >= 15 is 0 Å². The molecule has 0 aliphatic rings. The van der Waals surface area contributed by atoms with Crippen LogP contribution in [-0.4, -0.2) is 42.1 Å². The largest absolute Gasteiger partial charge is 0.445 e. The summed E-state index contributed by atoms with van der Waals surface area (Å²) in [7, 11) is 0. The van der Waals surface area contributed by atoms with E-state index in [1.165, 1.54) is 0 Å². The van der Waals surface area contributed by atoms with Crippen molar-refractivity contribution in [2.45, 2.75) is 71.1 Å². The number of nitrogens with one attached hydrogen (secondary N) is 2. The maximum absolute atomic E-state index is 13.2. The third-order valence-corrected chi connectivity index (χ3v) is 5.66. The van der Waals surface area contributed by atoms with Crippen LogP contribution in [0.1, 0.15) is 57.6 Å². The Morgan fingerprint density at radius 1 is 0.868 bits per heavy atom. The molecule has 0 spiro atoms. The van der Waals surface area contributed by atoms with Crippen molar-refractivity contribution in [1.29, 1.82) is 0 Å². The Bertz CT molecular complexity index is 1040. The fourth-order valence-corrected chi connectivity index (χ4v) is 3.76. The summed E-state index contributed by atoms with van der Waals surface area (Å²) in [5, 5.41) is 5.33. The normalized spacial score (nSPS) is 12.6. The standard InChI is InChI=1S/C29H39N3O6/c1-29(2,3)38-28(36)32-24(25(33)19-23(26(30)34)18-21-12-6-4-7-13-21)16-10-11-17-31-27(35)37-20-22-14-8-5-9-15-22/h4-9,12-15,23-24H,10-11,16-20H2,1-3H3,(H2,30,34)(H,31,35)(H,32,36)/t23?,24-/m0/s1. The molecule has 4 N–H and O–H groups in total. The van der Waals surface area contributed by atoms with Gasteiger partial charge in [-0.25, -0.2) is 9.59 Å². The van der Waals surface area contributed by atoms with Crippen molar-refractivity contribution in [3.8, 4) is 0 Å². The van der Waals surface area contributed by atoms with E-state index in [0.29, 0.717) is 32.2 Å². The summed E-state index contributed by atoms with van der Waals surface area (Å²) in [4.78, 5) is 49.6. The number of carbonyl (C=O) groups excluding carboxylic acids is 4. The van der Waals surface area contributed by atoms with Gasteiger partial charge < -0.3 is 25.8 Å². The lowest BCUT2D eigenvalue weighted by Gasteiger charge is -2.24. The van der Waals surface area contributed by atoms with Crippen LogP contribution in [0.25, 0.3) is 0 Å². The highest BCUT2D eigenvalue weighted by molar-refractivity contribution is 5.91. The number of nitrogens with two attached hydrogens (primary N) is 1. The number of benzene rings is 2. The summed E-state index contributed by atoms with van der Waals surface area (Å²) >= 11 is 0. The van der Waals surface area contributed by atoms with Gasteiger partial charge in [0.25, 0.3) is 0 Å². The third-order valence-electron chi connectivity index (χ3n) is 5.66. The molecule has 3 amide bonds. The molecule has 1 unspecified atom stereocenters. The van der Waals surface area contributed by atoms with Gasteiger partial charge in [0, 0.05) is 18.9 Å². The summed E-state index contributed by atoms with van der Waals surface area (Å²) in [6.07, 6.45) is 0.394. The zero-order valence-corrected chi connectivity index (χ0v) is 22.4. The lowest BCUT2D eigenvalue weighted by Crippen LogP contribution is -2.44. The number of ether oxygens (including phenoxy) is 2. The molecule has 2 aromatic rings. The molecular formula is C29H39N3O6. The van der Waals surface area contributed by atoms with Crippen LogP contribution in [0.2, 0.25) is 0 Å². The van der Waals surface area contributed by atoms with Gasteiger partial charge in [0.1, 0.15) is 12.2 Å². The molecule has 0 aliphatic carbocycles. The molecule has 0 bridgehead atoms. The number of alkyl carbamates (subject to hydrolysis) is 2. The molecule has 9 nitrogen and oxygen atoms in total. The minimum Gasteiger partial charge on any atom is -0.445 e. The highest BCUT2D eigenvalue weighted by atomic mass is 16.6. The van der Waals surface area contributed by atoms with Crippen molar-refractivity contribution in [1.82, 2.24) is 10.6 Å². The first-order chi connectivity index (χ1) is 18.0. The molecule has 0 heterocycles. The van der Waals surface area contributed by atoms with E-state index in [0.717, 1.165) is 11.1 Å². The molecule has 2 aromatic carbocycles. The van der Waals surface area contributed by atoms with Gasteiger partial charge in [0.2, 0.25) is 5.91 Å². The summed E-state index contributed by atoms with van der Waals surface area (Å²) in [6.45, 7) is 5.71. The van der Waals surface area contributed by atoms with Gasteiger partial charge in [-0.2, -0.15) is 0 Å². The molecule has 2 atom stereocenters. The van der Waals surface area contributed by atoms with Crippen LogP contribution in [0.4, 0.5) is 9.59 Å². The fourth-order valence-electron chi connectivity index (χ4n) is 3.76. The quantitative estimate of drug-likeness (QED) is 0.315. The van der Waals surface area contributed by atoms with E-state index in [1.54, 1.807) is 20.8 Å². The van der Waals surface area contributed by atoms with E-state index in [4.69, 9.17) is 15.2 Å². The average Bonchev–Trinajstić information content (AvgIpc) is 2.86. The van der Waals surface area contributed by atoms with Gasteiger partial charge in [-0.3, -0.25) is 9.59 Å². The first kappa shape index (κ1) is 30.3. The van der Waals surface area contributed by atoms with Gasteiger partial charge in [-0.1, -0.05) is 60.7 Å². The van der Waals surface area contributed by atoms with Crippen LogP contribution in [0.15, 0.2) is 60.7 Å². The molecule has 206 valence electrons. The first-order valence-corrected chi connectivity index (χ1v) is 12.8. The minimum atomic E-state index is -0.854. The van der Waals surface area contributed by atoms with E-state index in [9.17, 15) is 19.2 Å². The maximum Gasteiger partial charge on any atom is 0.408 e. The van der Waals surface area contributed by atoms with Crippen LogP contribution in [0.5, 0.6) is 0 Å². The third kappa shape index (κ3) is 12.4. The Hall–Kier alpha value is -3.88. The Morgan fingerprint density at radius 3 is 2.05 bits per heavy atom. The molecule has 0 radical (unpaired) electrons. The molecular weight excluding hydrogens is 486 g/mol. The summed E-state index contributed by atoms with van der Waals surface area (Å²) in [5.41, 5.74) is 6.64. The Morgan fingerprint density at radius 2 is 1.47 bits per heavy atom. The van der Waals surface area contributed by atoms with E-state index in [1.807, 2.05) is 60.7 Å². The highest BCUT2D eigenvalue weighted by Crippen LogP contribution is 2.16. The lowest BCUT2D eigenvalue weighted by molar-refractivity contribution is -0.128. The van der Waals surface area contributed by atoms with Crippen molar-refractivity contribution in [3.63, 3.8) is 0 Å². The molecule has 2 rings (SSSR count). The number of hydrogen-bond acceptors (Lipinski definition) is 6. The number of primary amides is 1. The molecule has 0 saturated carbocycles. The molecule has 0 saturated heterocycles. The second-order valence-electron chi connectivity index (χ2n) is 10.1. The number of carbonyl (C=O) groups is 4. The summed E-state index contributed by atoms with van der Waals surface area (Å²) in [5.74, 6) is -1.57. The number of unbranched alkanes of at least 4 members (excludes halogenated alkanes) is 1. The second kappa shape index (κ2) is 15.4. The highest BCUT2D eigenvalue weighted by Gasteiger charge is 2.28. The van der Waals surface area contributed by atoms with Gasteiger partial charge in [0.05, 0.1) is 6.04 Å². The van der Waals surface area contributed by atoms with Gasteiger partial charge >= 0.3 is 12.2 Å². The second-order valence-corrected chi connectivity index (χ2v) is 10.1. The number of Topliss-reactive ketones (excluding diaryl/α,β-unsaturated/α-hetero) is 1. The van der Waals surface area contributed by atoms with Crippen molar-refractivity contribution in [2.24, 2.45) is 11.7 Å². The van der Waals surface area contributed by atoms with Gasteiger partial charge in [0.15, 0.2) is 5.78 Å². The van der Waals surface area contributed by atoms with Crippen molar-refractivity contribution >= 4 is 23.9 Å². The summed E-state index contributed by atoms with van der Waals surface area (Å²) in [6, 6.07) is 17.8. The average molecular weight is 526 g/mol. The number of amides is 3. The number of hydrogen-bond donors (Lipinski definition) is 3. The fraction of sp³-hybridized carbons (Fsp3) is 0.448. The molecule has 0 fully saturated rings. The van der Waals surface area contributed by atoms with Crippen LogP contribution in [0, 0.1) is 5.92 Å². The van der Waals surface area contributed by atoms with E-state index < -0.39 is 35.7 Å². The molecule has 9 heteroatoms. The Balaban J connectivity index is 1.88. The molecule has 0 aliphatic heterocycles. The maximum atomic E-state index is 13.2. The van der Waals surface area contributed by atoms with E-state index in [-0.39, 0.29) is 18.8 Å². The molecule has 0 aromatic heterocycles. The van der Waals surface area contributed by atoms with Crippen LogP contribution in [0.3, 0.4) is 0 Å². The van der Waals surface area contributed by atoms with Crippen LogP contribution >= 0.6 is 0 Å². The van der Waals surface area contributed by atoms with Crippen molar-refractivity contribution in [3.05, 3.63) is 71.8 Å². The van der Waals surface area contributed by atoms with Crippen LogP contribution in [-0.2, 0) is 32.1 Å². The molecule has 38 heavy (non-hydrogen) atoms. The number of rotatable bonds is 14. The van der Waals surface area contributed by atoms with Crippen molar-refractivity contribution < 1.29 is 28.7 Å². The zero-order valence-electron chi connectivity index (χ0n) is 22.4. The van der Waals surface area contributed by atoms with Crippen LogP contribution < -0.4 is 16.4 Å². The minimum absolute atomic E-state index is 0.102. The predicted octanol–water partition coefficient (Wildman–Crippen LogP) is 4.28. The zero-order chi connectivity index (χ0) is 28.0. The monoisotopic (exact) mass is 525 g/mol. The number of ketones is 1. The van der Waals surface area contributed by atoms with E-state index in [2.05, 4.69) is 10.6 Å². The predicted molar refractivity (Wildman–Crippen MR) is 144 cm³/mol. The topological polar surface area (TPSA) is 137 Å². The Labute approximate surface area is 224 Å². The Kier molecular flexibility index (Phi) is 12.3. The first-order valence-electron chi connectivity index (χ1n) is 12.8. The summed E-state index contributed by atoms with van der Waals surface area (Å²) < 4.78 is 10.5. The van der Waals surface area contributed by atoms with Crippen molar-refractivity contribution in [2.75, 3.05) is 6.54 Å². The smallest absolute Gasteiger partial charge is 0.408 e. The SMILES string of the molecule is CC(C)(C)OC(=O)N[C@@H](CCCCNC(=O)OCc1ccccc1)C(=O)CC(Cc1ccccc1)C(N)=O. The van der Waals surface area contributed by atoms with Gasteiger partial charge in [-0.15, -0.1) is 0 Å².